The lowest BCUT2D eigenvalue weighted by atomic mass is 10.1. The molecule has 1 atom stereocenters. The molecule has 0 bridgehead atoms. The number of amides is 1. The van der Waals surface area contributed by atoms with Gasteiger partial charge in [-0.3, -0.25) is 9.69 Å². The van der Waals surface area contributed by atoms with Crippen molar-refractivity contribution in [2.75, 3.05) is 12.4 Å². The summed E-state index contributed by atoms with van der Waals surface area (Å²) in [6.45, 7) is 3.97. The number of rotatable bonds is 5. The normalized spacial score (nSPS) is 12.3. The highest BCUT2D eigenvalue weighted by molar-refractivity contribution is 6.31. The molecule has 0 heterocycles. The summed E-state index contributed by atoms with van der Waals surface area (Å²) in [6, 6.07) is 11.7. The van der Waals surface area contributed by atoms with Gasteiger partial charge >= 0.3 is 0 Å². The van der Waals surface area contributed by atoms with E-state index in [1.165, 1.54) is 6.07 Å². The highest BCUT2D eigenvalue weighted by atomic mass is 35.5. The van der Waals surface area contributed by atoms with E-state index in [1.54, 1.807) is 31.0 Å². The predicted octanol–water partition coefficient (Wildman–Crippen LogP) is 4.25. The van der Waals surface area contributed by atoms with Crippen LogP contribution in [0.5, 0.6) is 0 Å². The fourth-order valence-corrected chi connectivity index (χ4v) is 2.44. The number of nitrogens with one attached hydrogen (secondary N) is 1. The van der Waals surface area contributed by atoms with E-state index < -0.39 is 6.04 Å². The van der Waals surface area contributed by atoms with Crippen LogP contribution in [0.2, 0.25) is 5.02 Å². The van der Waals surface area contributed by atoms with Crippen LogP contribution in [0.1, 0.15) is 18.1 Å². The van der Waals surface area contributed by atoms with Crippen molar-refractivity contribution in [3.8, 4) is 0 Å². The number of hydrogen-bond donors (Lipinski definition) is 1. The van der Waals surface area contributed by atoms with E-state index in [1.807, 2.05) is 31.2 Å². The molecule has 1 N–H and O–H groups in total. The summed E-state index contributed by atoms with van der Waals surface area (Å²) < 4.78 is 13.9. The van der Waals surface area contributed by atoms with Crippen LogP contribution in [-0.2, 0) is 11.3 Å². The summed E-state index contributed by atoms with van der Waals surface area (Å²) in [5, 5.41) is 3.26. The van der Waals surface area contributed by atoms with Gasteiger partial charge in [0.25, 0.3) is 0 Å². The fraction of sp³-hybridized carbons (Fsp3) is 0.278. The summed E-state index contributed by atoms with van der Waals surface area (Å²) in [5.74, 6) is -0.509. The average Bonchev–Trinajstić information content (AvgIpc) is 2.52. The van der Waals surface area contributed by atoms with Gasteiger partial charge in [-0.15, -0.1) is 0 Å². The molecule has 0 saturated heterocycles. The highest BCUT2D eigenvalue weighted by Gasteiger charge is 2.20. The van der Waals surface area contributed by atoms with Gasteiger partial charge in [0.2, 0.25) is 5.91 Å². The molecule has 1 unspecified atom stereocenters. The molecular weight excluding hydrogens is 315 g/mol. The number of benzene rings is 2. The maximum absolute atomic E-state index is 13.9. The van der Waals surface area contributed by atoms with Crippen molar-refractivity contribution in [3.63, 3.8) is 0 Å². The van der Waals surface area contributed by atoms with Gasteiger partial charge in [-0.25, -0.2) is 4.39 Å². The van der Waals surface area contributed by atoms with E-state index in [4.69, 9.17) is 11.6 Å². The Bertz CT molecular complexity index is 685. The molecule has 0 aliphatic heterocycles. The van der Waals surface area contributed by atoms with Crippen molar-refractivity contribution in [2.24, 2.45) is 0 Å². The third-order valence-electron chi connectivity index (χ3n) is 3.91. The quantitative estimate of drug-likeness (QED) is 0.886. The third-order valence-corrected chi connectivity index (χ3v) is 4.27. The number of halogens is 2. The molecule has 0 radical (unpaired) electrons. The zero-order valence-electron chi connectivity index (χ0n) is 13.4. The molecule has 0 fully saturated rings. The van der Waals surface area contributed by atoms with E-state index in [2.05, 4.69) is 5.32 Å². The number of anilines is 1. The number of carbonyl (C=O) groups excluding carboxylic acids is 1. The third kappa shape index (κ3) is 4.30. The second-order valence-electron chi connectivity index (χ2n) is 5.60. The second-order valence-corrected chi connectivity index (χ2v) is 6.00. The minimum atomic E-state index is -0.426. The number of hydrogen-bond acceptors (Lipinski definition) is 2. The number of aryl methyl sites for hydroxylation is 1. The molecule has 5 heteroatoms. The Hall–Kier alpha value is -1.91. The van der Waals surface area contributed by atoms with Gasteiger partial charge in [-0.1, -0.05) is 35.9 Å². The van der Waals surface area contributed by atoms with E-state index in [0.717, 1.165) is 11.3 Å². The van der Waals surface area contributed by atoms with Crippen molar-refractivity contribution < 1.29 is 9.18 Å². The van der Waals surface area contributed by atoms with E-state index >= 15 is 0 Å². The summed E-state index contributed by atoms with van der Waals surface area (Å²) >= 11 is 6.04. The first-order valence-corrected chi connectivity index (χ1v) is 7.77. The first-order valence-electron chi connectivity index (χ1n) is 7.39. The van der Waals surface area contributed by atoms with Crippen molar-refractivity contribution in [2.45, 2.75) is 26.4 Å². The minimum Gasteiger partial charge on any atom is -0.324 e. The Morgan fingerprint density at radius 2 is 1.96 bits per heavy atom. The molecule has 0 saturated carbocycles. The predicted molar refractivity (Wildman–Crippen MR) is 92.1 cm³/mol. The lowest BCUT2D eigenvalue weighted by Gasteiger charge is -2.24. The maximum Gasteiger partial charge on any atom is 0.241 e. The molecule has 2 rings (SSSR count). The van der Waals surface area contributed by atoms with Crippen molar-refractivity contribution >= 4 is 23.2 Å². The zero-order chi connectivity index (χ0) is 17.0. The molecule has 23 heavy (non-hydrogen) atoms. The Morgan fingerprint density at radius 1 is 1.26 bits per heavy atom. The minimum absolute atomic E-state index is 0.144. The number of likely N-dealkylation sites (N-methyl/N-ethyl adjacent to an activating group) is 1. The summed E-state index contributed by atoms with van der Waals surface area (Å²) in [4.78, 5) is 14.1. The van der Waals surface area contributed by atoms with Crippen molar-refractivity contribution in [1.82, 2.24) is 4.90 Å². The van der Waals surface area contributed by atoms with Gasteiger partial charge in [0, 0.05) is 22.8 Å². The van der Waals surface area contributed by atoms with Crippen molar-refractivity contribution in [3.05, 3.63) is 64.4 Å². The number of nitrogens with zero attached hydrogens (tertiary/aromatic N) is 1. The van der Waals surface area contributed by atoms with Gasteiger partial charge in [0.15, 0.2) is 0 Å². The molecule has 0 spiro atoms. The first kappa shape index (κ1) is 17.4. The lowest BCUT2D eigenvalue weighted by Crippen LogP contribution is -2.39. The zero-order valence-corrected chi connectivity index (χ0v) is 14.2. The molecule has 0 aromatic heterocycles. The van der Waals surface area contributed by atoms with Gasteiger partial charge in [0.1, 0.15) is 5.82 Å². The van der Waals surface area contributed by atoms with E-state index in [0.29, 0.717) is 10.6 Å². The molecular formula is C18H20ClFN2O. The molecule has 0 aliphatic carbocycles. The van der Waals surface area contributed by atoms with E-state index in [-0.39, 0.29) is 18.3 Å². The Balaban J connectivity index is 2.06. The summed E-state index contributed by atoms with van der Waals surface area (Å²) in [7, 11) is 1.77. The molecule has 3 nitrogen and oxygen atoms in total. The fourth-order valence-electron chi connectivity index (χ4n) is 2.22. The van der Waals surface area contributed by atoms with Crippen LogP contribution >= 0.6 is 11.6 Å². The SMILES string of the molecule is Cc1ccccc1NC(=O)C(C)N(C)Cc1c(F)cccc1Cl. The number of para-hydroxylation sites is 1. The molecule has 2 aromatic carbocycles. The monoisotopic (exact) mass is 334 g/mol. The van der Waals surface area contributed by atoms with Crippen LogP contribution in [0.25, 0.3) is 0 Å². The molecule has 122 valence electrons. The standard InChI is InChI=1S/C18H20ClFN2O/c1-12-7-4-5-10-17(12)21-18(23)13(2)22(3)11-14-15(19)8-6-9-16(14)20/h4-10,13H,11H2,1-3H3,(H,21,23). The lowest BCUT2D eigenvalue weighted by molar-refractivity contribution is -0.120. The van der Waals surface area contributed by atoms with Gasteiger partial charge < -0.3 is 5.32 Å². The Morgan fingerprint density at radius 3 is 2.61 bits per heavy atom. The first-order chi connectivity index (χ1) is 10.9. The van der Waals surface area contributed by atoms with Crippen LogP contribution in [0.15, 0.2) is 42.5 Å². The maximum atomic E-state index is 13.9. The van der Waals surface area contributed by atoms with Crippen LogP contribution in [-0.4, -0.2) is 23.9 Å². The second kappa shape index (κ2) is 7.57. The van der Waals surface area contributed by atoms with Gasteiger partial charge in [0.05, 0.1) is 6.04 Å². The van der Waals surface area contributed by atoms with Gasteiger partial charge in [-0.2, -0.15) is 0 Å². The molecule has 0 aliphatic rings. The summed E-state index contributed by atoms with van der Waals surface area (Å²) in [6.07, 6.45) is 0. The Labute approximate surface area is 141 Å². The van der Waals surface area contributed by atoms with Crippen LogP contribution in [0, 0.1) is 12.7 Å². The molecule has 2 aromatic rings. The topological polar surface area (TPSA) is 32.3 Å². The van der Waals surface area contributed by atoms with Crippen molar-refractivity contribution in [1.29, 1.82) is 0 Å². The number of carbonyl (C=O) groups is 1. The van der Waals surface area contributed by atoms with Crippen LogP contribution in [0.3, 0.4) is 0 Å². The largest absolute Gasteiger partial charge is 0.324 e. The Kier molecular flexibility index (Phi) is 5.74. The van der Waals surface area contributed by atoms with Crippen LogP contribution < -0.4 is 5.32 Å². The smallest absolute Gasteiger partial charge is 0.241 e. The van der Waals surface area contributed by atoms with E-state index in [9.17, 15) is 9.18 Å². The summed E-state index contributed by atoms with van der Waals surface area (Å²) in [5.41, 5.74) is 2.17. The molecule has 1 amide bonds. The van der Waals surface area contributed by atoms with Crippen LogP contribution in [0.4, 0.5) is 10.1 Å². The highest BCUT2D eigenvalue weighted by Crippen LogP contribution is 2.21. The van der Waals surface area contributed by atoms with Gasteiger partial charge in [-0.05, 0) is 44.7 Å². The average molecular weight is 335 g/mol.